The van der Waals surface area contributed by atoms with E-state index < -0.39 is 0 Å². The third-order valence-corrected chi connectivity index (χ3v) is 9.02. The van der Waals surface area contributed by atoms with Crippen LogP contribution in [0.15, 0.2) is 54.7 Å². The number of carbonyl (C=O) groups is 1. The standard InChI is InChI=1S/C32H37N7O/c1-38-16-18-39(19-17-38)27-9-5-8-25(24-6-3-2-4-7-24)29(27)37-31(40)26-22-34-28(20-33)36-30(26)35-21-23-10-12-32(13-11-23)14-15-32/h2-9,22-23H,10-19,21H2,1H3,(H,37,40)(H,34,35,36). The van der Waals surface area contributed by atoms with Crippen molar-refractivity contribution in [3.8, 4) is 17.2 Å². The van der Waals surface area contributed by atoms with Gasteiger partial charge >= 0.3 is 0 Å². The van der Waals surface area contributed by atoms with E-state index in [1.165, 1.54) is 44.7 Å². The molecule has 0 bridgehead atoms. The first-order valence-electron chi connectivity index (χ1n) is 14.5. The molecule has 2 saturated carbocycles. The molecule has 0 atom stereocenters. The van der Waals surface area contributed by atoms with Gasteiger partial charge in [0.2, 0.25) is 5.82 Å². The molecule has 2 aliphatic carbocycles. The van der Waals surface area contributed by atoms with E-state index in [0.29, 0.717) is 22.7 Å². The molecule has 1 saturated heterocycles. The summed E-state index contributed by atoms with van der Waals surface area (Å²) in [6.45, 7) is 4.43. The van der Waals surface area contributed by atoms with Gasteiger partial charge in [-0.2, -0.15) is 5.26 Å². The molecule has 3 fully saturated rings. The average Bonchev–Trinajstić information content (AvgIpc) is 3.76. The molecule has 1 amide bonds. The predicted octanol–water partition coefficient (Wildman–Crippen LogP) is 5.40. The summed E-state index contributed by atoms with van der Waals surface area (Å²) in [7, 11) is 2.14. The third kappa shape index (κ3) is 5.66. The second-order valence-electron chi connectivity index (χ2n) is 11.7. The Kier molecular flexibility index (Phi) is 7.40. The molecule has 3 aromatic rings. The van der Waals surface area contributed by atoms with Crippen molar-refractivity contribution in [3.05, 3.63) is 66.1 Å². The summed E-state index contributed by atoms with van der Waals surface area (Å²) in [6, 6.07) is 18.3. The molecule has 6 rings (SSSR count). The van der Waals surface area contributed by atoms with Gasteiger partial charge in [-0.15, -0.1) is 0 Å². The number of likely N-dealkylation sites (N-methyl/N-ethyl adjacent to an activating group) is 1. The number of nitrogens with one attached hydrogen (secondary N) is 2. The molecule has 40 heavy (non-hydrogen) atoms. The Morgan fingerprint density at radius 3 is 2.48 bits per heavy atom. The normalized spacial score (nSPS) is 18.8. The van der Waals surface area contributed by atoms with Crippen LogP contribution in [-0.4, -0.2) is 60.5 Å². The van der Waals surface area contributed by atoms with Gasteiger partial charge in [-0.3, -0.25) is 4.79 Å². The van der Waals surface area contributed by atoms with Crippen LogP contribution >= 0.6 is 0 Å². The molecule has 8 heteroatoms. The Labute approximate surface area is 236 Å². The van der Waals surface area contributed by atoms with Gasteiger partial charge in [-0.25, -0.2) is 9.97 Å². The molecular formula is C32H37N7O. The quantitative estimate of drug-likeness (QED) is 0.418. The van der Waals surface area contributed by atoms with Crippen LogP contribution in [0.1, 0.15) is 54.7 Å². The molecule has 2 N–H and O–H groups in total. The van der Waals surface area contributed by atoms with E-state index in [1.54, 1.807) is 0 Å². The maximum absolute atomic E-state index is 13.9. The topological polar surface area (TPSA) is 97.2 Å². The fourth-order valence-electron chi connectivity index (χ4n) is 6.17. The number of aromatic nitrogens is 2. The van der Waals surface area contributed by atoms with Crippen LogP contribution in [0.5, 0.6) is 0 Å². The van der Waals surface area contributed by atoms with Crippen LogP contribution in [0, 0.1) is 22.7 Å². The number of hydrogen-bond acceptors (Lipinski definition) is 7. The SMILES string of the molecule is CN1CCN(c2cccc(-c3ccccc3)c2NC(=O)c2cnc(C#N)nc2NCC2CCC3(CC2)CC3)CC1. The predicted molar refractivity (Wildman–Crippen MR) is 158 cm³/mol. The van der Waals surface area contributed by atoms with E-state index >= 15 is 0 Å². The van der Waals surface area contributed by atoms with E-state index in [0.717, 1.165) is 55.2 Å². The summed E-state index contributed by atoms with van der Waals surface area (Å²) in [5.74, 6) is 0.744. The largest absolute Gasteiger partial charge is 0.369 e. The van der Waals surface area contributed by atoms with Gasteiger partial charge in [0.1, 0.15) is 17.5 Å². The number of nitriles is 1. The lowest BCUT2D eigenvalue weighted by Gasteiger charge is -2.35. The van der Waals surface area contributed by atoms with Crippen molar-refractivity contribution in [2.45, 2.75) is 38.5 Å². The summed E-state index contributed by atoms with van der Waals surface area (Å²) in [4.78, 5) is 27.1. The van der Waals surface area contributed by atoms with Gasteiger partial charge in [0.15, 0.2) is 0 Å². The van der Waals surface area contributed by atoms with Crippen LogP contribution in [0.4, 0.5) is 17.2 Å². The fourth-order valence-corrected chi connectivity index (χ4v) is 6.17. The van der Waals surface area contributed by atoms with Gasteiger partial charge in [-0.1, -0.05) is 42.5 Å². The van der Waals surface area contributed by atoms with Gasteiger partial charge < -0.3 is 20.4 Å². The number of anilines is 3. The van der Waals surface area contributed by atoms with E-state index in [-0.39, 0.29) is 11.7 Å². The number of carbonyl (C=O) groups excluding carboxylic acids is 1. The molecule has 1 aromatic heterocycles. The second-order valence-corrected chi connectivity index (χ2v) is 11.7. The minimum atomic E-state index is -0.286. The number of amides is 1. The maximum atomic E-state index is 13.9. The second kappa shape index (κ2) is 11.3. The smallest absolute Gasteiger partial charge is 0.261 e. The van der Waals surface area contributed by atoms with Crippen molar-refractivity contribution in [2.75, 3.05) is 55.3 Å². The first kappa shape index (κ1) is 26.3. The average molecular weight is 536 g/mol. The number of piperazine rings is 1. The lowest BCUT2D eigenvalue weighted by Crippen LogP contribution is -2.44. The molecule has 2 aromatic carbocycles. The Bertz CT molecular complexity index is 1390. The van der Waals surface area contributed by atoms with Crippen molar-refractivity contribution < 1.29 is 4.79 Å². The van der Waals surface area contributed by atoms with Crippen molar-refractivity contribution in [2.24, 2.45) is 11.3 Å². The lowest BCUT2D eigenvalue weighted by molar-refractivity contribution is 0.102. The van der Waals surface area contributed by atoms with Crippen molar-refractivity contribution in [1.82, 2.24) is 14.9 Å². The highest BCUT2D eigenvalue weighted by atomic mass is 16.1. The van der Waals surface area contributed by atoms with Gasteiger partial charge in [0.05, 0.1) is 11.4 Å². The fraction of sp³-hybridized carbons (Fsp3) is 0.438. The molecular weight excluding hydrogens is 498 g/mol. The molecule has 1 aliphatic heterocycles. The van der Waals surface area contributed by atoms with Crippen LogP contribution in [0.25, 0.3) is 11.1 Å². The molecule has 0 unspecified atom stereocenters. The maximum Gasteiger partial charge on any atom is 0.261 e. The van der Waals surface area contributed by atoms with Crippen LogP contribution < -0.4 is 15.5 Å². The summed E-state index contributed by atoms with van der Waals surface area (Å²) in [5.41, 5.74) is 4.77. The van der Waals surface area contributed by atoms with Crippen LogP contribution in [-0.2, 0) is 0 Å². The summed E-state index contributed by atoms with van der Waals surface area (Å²) >= 11 is 0. The monoisotopic (exact) mass is 535 g/mol. The van der Waals surface area contributed by atoms with E-state index in [1.807, 2.05) is 24.3 Å². The Hall–Kier alpha value is -3.96. The Morgan fingerprint density at radius 1 is 1.02 bits per heavy atom. The van der Waals surface area contributed by atoms with Gasteiger partial charge in [-0.05, 0) is 68.5 Å². The molecule has 0 radical (unpaired) electrons. The highest BCUT2D eigenvalue weighted by Crippen LogP contribution is 2.57. The lowest BCUT2D eigenvalue weighted by atomic mass is 9.80. The van der Waals surface area contributed by atoms with Crippen molar-refractivity contribution in [1.29, 1.82) is 5.26 Å². The minimum Gasteiger partial charge on any atom is -0.369 e. The third-order valence-electron chi connectivity index (χ3n) is 9.02. The molecule has 8 nitrogen and oxygen atoms in total. The number of para-hydroxylation sites is 1. The van der Waals surface area contributed by atoms with Crippen LogP contribution in [0.3, 0.4) is 0 Å². The molecule has 2 heterocycles. The van der Waals surface area contributed by atoms with E-state index in [9.17, 15) is 10.1 Å². The first-order valence-corrected chi connectivity index (χ1v) is 14.5. The van der Waals surface area contributed by atoms with E-state index in [4.69, 9.17) is 0 Å². The van der Waals surface area contributed by atoms with Crippen molar-refractivity contribution >= 4 is 23.1 Å². The van der Waals surface area contributed by atoms with E-state index in [2.05, 4.69) is 67.8 Å². The van der Waals surface area contributed by atoms with Gasteiger partial charge in [0, 0.05) is 44.5 Å². The molecule has 1 spiro atoms. The summed E-state index contributed by atoms with van der Waals surface area (Å²) < 4.78 is 0. The summed E-state index contributed by atoms with van der Waals surface area (Å²) in [5, 5.41) is 16.1. The first-order chi connectivity index (χ1) is 19.5. The molecule has 3 aliphatic rings. The number of hydrogen-bond donors (Lipinski definition) is 2. The molecule has 206 valence electrons. The minimum absolute atomic E-state index is 0.0578. The highest BCUT2D eigenvalue weighted by molar-refractivity contribution is 6.11. The number of nitrogens with zero attached hydrogens (tertiary/aromatic N) is 5. The Morgan fingerprint density at radius 2 is 1.77 bits per heavy atom. The zero-order valence-electron chi connectivity index (χ0n) is 23.2. The van der Waals surface area contributed by atoms with Gasteiger partial charge in [0.25, 0.3) is 5.91 Å². The zero-order valence-corrected chi connectivity index (χ0v) is 23.2. The Balaban J connectivity index is 1.28. The number of benzene rings is 2. The van der Waals surface area contributed by atoms with Crippen LogP contribution in [0.2, 0.25) is 0 Å². The van der Waals surface area contributed by atoms with Crippen molar-refractivity contribution in [3.63, 3.8) is 0 Å². The summed E-state index contributed by atoms with van der Waals surface area (Å²) in [6.07, 6.45) is 9.23. The highest BCUT2D eigenvalue weighted by Gasteiger charge is 2.44. The number of rotatable bonds is 7. The zero-order chi connectivity index (χ0) is 27.5.